The number of nitrogens with zero attached hydrogens (tertiary/aromatic N) is 2. The van der Waals surface area contributed by atoms with Crippen LogP contribution in [0.25, 0.3) is 0 Å². The third-order valence-corrected chi connectivity index (χ3v) is 5.88. The van der Waals surface area contributed by atoms with Crippen LogP contribution in [0.15, 0.2) is 40.8 Å². The van der Waals surface area contributed by atoms with E-state index in [0.29, 0.717) is 5.13 Å². The van der Waals surface area contributed by atoms with Crippen molar-refractivity contribution in [1.29, 1.82) is 0 Å². The number of thiazole rings is 1. The Morgan fingerprint density at radius 3 is 2.45 bits per heavy atom. The van der Waals surface area contributed by atoms with Gasteiger partial charge < -0.3 is 25.0 Å². The molecule has 0 fully saturated rings. The number of amides is 1. The number of ketones is 1. The Kier molecular flexibility index (Phi) is 9.17. The summed E-state index contributed by atoms with van der Waals surface area (Å²) in [5, 5.41) is 16.3. The van der Waals surface area contributed by atoms with E-state index in [1.165, 1.54) is 35.9 Å². The highest BCUT2D eigenvalue weighted by molar-refractivity contribution is 7.13. The monoisotopic (exact) mass is 556 g/mol. The maximum Gasteiger partial charge on any atom is 0.305 e. The van der Waals surface area contributed by atoms with E-state index in [0.717, 1.165) is 4.57 Å². The summed E-state index contributed by atoms with van der Waals surface area (Å²) >= 11 is 1.23. The lowest BCUT2D eigenvalue weighted by Crippen LogP contribution is -2.48. The Morgan fingerprint density at radius 1 is 1.18 bits per heavy atom. The van der Waals surface area contributed by atoms with Gasteiger partial charge in [0.1, 0.15) is 24.4 Å². The molecule has 2 aromatic heterocycles. The first-order chi connectivity index (χ1) is 18.0. The number of carbonyl (C=O) groups is 3. The average molecular weight is 556 g/mol. The molecule has 3 N–H and O–H groups in total. The lowest BCUT2D eigenvalue weighted by Gasteiger charge is -2.22. The minimum absolute atomic E-state index is 0.0515. The molecular weight excluding hydrogens is 536 g/mol. The second-order valence-electron chi connectivity index (χ2n) is 7.73. The number of carboxylic acids is 1. The van der Waals surface area contributed by atoms with Crippen LogP contribution in [0.4, 0.5) is 28.4 Å². The van der Waals surface area contributed by atoms with Crippen LogP contribution in [0.5, 0.6) is 5.75 Å². The van der Waals surface area contributed by atoms with Gasteiger partial charge >= 0.3 is 5.97 Å². The molecule has 3 rings (SSSR count). The lowest BCUT2D eigenvalue weighted by atomic mass is 10.1. The van der Waals surface area contributed by atoms with Gasteiger partial charge in [-0.05, 0) is 18.6 Å². The minimum Gasteiger partial charge on any atom is -0.481 e. The molecule has 0 radical (unpaired) electrons. The van der Waals surface area contributed by atoms with E-state index in [2.05, 4.69) is 20.4 Å². The number of aliphatic carboxylic acids is 1. The fraction of sp³-hybridized carbons (Fsp3) is 0.261. The smallest absolute Gasteiger partial charge is 0.305 e. The second-order valence-corrected chi connectivity index (χ2v) is 8.63. The van der Waals surface area contributed by atoms with Crippen LogP contribution in [-0.2, 0) is 14.4 Å². The third-order valence-electron chi connectivity index (χ3n) is 5.19. The molecule has 38 heavy (non-hydrogen) atoms. The molecule has 3 aromatic rings. The molecule has 1 aromatic carbocycles. The number of nitrogens with one attached hydrogen (secondary N) is 2. The normalized spacial score (nSPS) is 12.4. The van der Waals surface area contributed by atoms with Crippen LogP contribution >= 0.6 is 11.3 Å². The minimum atomic E-state index is -1.90. The Bertz CT molecular complexity index is 1370. The zero-order chi connectivity index (χ0) is 28.0. The highest BCUT2D eigenvalue weighted by atomic mass is 32.1. The van der Waals surface area contributed by atoms with Crippen molar-refractivity contribution in [2.45, 2.75) is 31.8 Å². The van der Waals surface area contributed by atoms with Gasteiger partial charge in [0.05, 0.1) is 6.42 Å². The standard InChI is InChI=1S/C23H20F4N4O6S/c1-2-15(31-6-3-4-13(22(31)36)30-23-28-5-7-38-23)21(35)29-14(9-17(33)34)16(32)10-37-20-18(26)11(24)8-12(25)19(20)27/h3-8,14-15H,2,9-10H2,1H3,(H,28,30)(H,29,35)(H,33,34)/t14-,15?/m0/s1. The van der Waals surface area contributed by atoms with Gasteiger partial charge in [-0.25, -0.2) is 13.8 Å². The number of carbonyl (C=O) groups excluding carboxylic acids is 2. The Hall–Kier alpha value is -4.27. The maximum atomic E-state index is 13.8. The average Bonchev–Trinajstić information content (AvgIpc) is 3.38. The maximum absolute atomic E-state index is 13.8. The van der Waals surface area contributed by atoms with Gasteiger partial charge in [-0.15, -0.1) is 11.3 Å². The Balaban J connectivity index is 1.79. The van der Waals surface area contributed by atoms with Crippen molar-refractivity contribution < 1.29 is 41.8 Å². The van der Waals surface area contributed by atoms with Crippen molar-refractivity contribution in [3.63, 3.8) is 0 Å². The predicted molar refractivity (Wildman–Crippen MR) is 126 cm³/mol. The lowest BCUT2D eigenvalue weighted by molar-refractivity contribution is -0.140. The number of rotatable bonds is 12. The summed E-state index contributed by atoms with van der Waals surface area (Å²) < 4.78 is 60.1. The molecule has 0 aliphatic rings. The number of anilines is 2. The molecule has 10 nitrogen and oxygen atoms in total. The van der Waals surface area contributed by atoms with Gasteiger partial charge in [0.15, 0.2) is 28.3 Å². The van der Waals surface area contributed by atoms with Crippen LogP contribution in [0, 0.1) is 23.3 Å². The van der Waals surface area contributed by atoms with Gasteiger partial charge in [-0.2, -0.15) is 8.78 Å². The molecule has 0 aliphatic carbocycles. The zero-order valence-corrected chi connectivity index (χ0v) is 20.4. The predicted octanol–water partition coefficient (Wildman–Crippen LogP) is 3.16. The molecule has 0 saturated heterocycles. The van der Waals surface area contributed by atoms with Crippen molar-refractivity contribution >= 4 is 39.8 Å². The largest absolute Gasteiger partial charge is 0.481 e. The Morgan fingerprint density at radius 2 is 1.87 bits per heavy atom. The number of hydrogen-bond donors (Lipinski definition) is 3. The van der Waals surface area contributed by atoms with Gasteiger partial charge in [0.25, 0.3) is 5.56 Å². The first-order valence-electron chi connectivity index (χ1n) is 10.9. The topological polar surface area (TPSA) is 140 Å². The summed E-state index contributed by atoms with van der Waals surface area (Å²) in [5.74, 6) is -12.4. The molecular formula is C23H20F4N4O6S. The van der Waals surface area contributed by atoms with Crippen molar-refractivity contribution in [2.75, 3.05) is 11.9 Å². The quantitative estimate of drug-likeness (QED) is 0.228. The summed E-state index contributed by atoms with van der Waals surface area (Å²) in [7, 11) is 0. The number of benzene rings is 1. The van der Waals surface area contributed by atoms with Crippen LogP contribution in [0.1, 0.15) is 25.8 Å². The van der Waals surface area contributed by atoms with E-state index in [-0.39, 0.29) is 18.2 Å². The van der Waals surface area contributed by atoms with Crippen molar-refractivity contribution in [3.05, 3.63) is 69.6 Å². The van der Waals surface area contributed by atoms with Gasteiger partial charge in [-0.1, -0.05) is 6.92 Å². The fourth-order valence-electron chi connectivity index (χ4n) is 3.37. The molecule has 1 amide bonds. The van der Waals surface area contributed by atoms with Crippen LogP contribution in [-0.4, -0.2) is 45.0 Å². The van der Waals surface area contributed by atoms with Crippen LogP contribution in [0.2, 0.25) is 0 Å². The summed E-state index contributed by atoms with van der Waals surface area (Å²) in [4.78, 5) is 53.9. The van der Waals surface area contributed by atoms with E-state index in [9.17, 15) is 41.8 Å². The highest BCUT2D eigenvalue weighted by Gasteiger charge is 2.30. The summed E-state index contributed by atoms with van der Waals surface area (Å²) in [6.07, 6.45) is 1.95. The third kappa shape index (κ3) is 6.53. The molecule has 0 bridgehead atoms. The molecule has 0 saturated carbocycles. The van der Waals surface area contributed by atoms with Gasteiger partial charge in [-0.3, -0.25) is 19.2 Å². The van der Waals surface area contributed by atoms with E-state index >= 15 is 0 Å². The van der Waals surface area contributed by atoms with E-state index in [1.807, 2.05) is 0 Å². The zero-order valence-electron chi connectivity index (χ0n) is 19.5. The fourth-order valence-corrected chi connectivity index (χ4v) is 3.91. The number of hydrogen-bond acceptors (Lipinski definition) is 8. The molecule has 202 valence electrons. The summed E-state index contributed by atoms with van der Waals surface area (Å²) in [5.41, 5.74) is -0.500. The number of pyridine rings is 1. The first-order valence-corrected chi connectivity index (χ1v) is 11.8. The molecule has 2 atom stereocenters. The van der Waals surface area contributed by atoms with Crippen molar-refractivity contribution in [1.82, 2.24) is 14.9 Å². The van der Waals surface area contributed by atoms with E-state index < -0.39 is 77.3 Å². The highest BCUT2D eigenvalue weighted by Crippen LogP contribution is 2.26. The number of Topliss-reactive ketones (excluding diaryl/α,β-unsaturated/α-hetero) is 1. The SMILES string of the molecule is CCC(C(=O)N[C@@H](CC(=O)O)C(=O)COc1c(F)c(F)cc(F)c1F)n1cccc(Nc2nccs2)c1=O. The summed E-state index contributed by atoms with van der Waals surface area (Å²) in [6.45, 7) is 0.345. The van der Waals surface area contributed by atoms with Crippen LogP contribution in [0.3, 0.4) is 0 Å². The number of aromatic nitrogens is 2. The van der Waals surface area contributed by atoms with Gasteiger partial charge in [0, 0.05) is 23.8 Å². The molecule has 0 spiro atoms. The van der Waals surface area contributed by atoms with E-state index in [4.69, 9.17) is 0 Å². The first kappa shape index (κ1) is 28.3. The molecule has 1 unspecified atom stereocenters. The van der Waals surface area contributed by atoms with Crippen molar-refractivity contribution in [2.24, 2.45) is 0 Å². The number of halogens is 4. The summed E-state index contributed by atoms with van der Waals surface area (Å²) in [6, 6.07) is -0.0425. The molecule has 2 heterocycles. The number of carboxylic acid groups (broad SMARTS) is 1. The van der Waals surface area contributed by atoms with Gasteiger partial charge in [0.2, 0.25) is 17.5 Å². The van der Waals surface area contributed by atoms with Crippen LogP contribution < -0.4 is 20.9 Å². The Labute approximate surface area is 215 Å². The molecule has 0 aliphatic heterocycles. The number of ether oxygens (including phenoxy) is 1. The second kappa shape index (κ2) is 12.3. The van der Waals surface area contributed by atoms with E-state index in [1.54, 1.807) is 12.3 Å². The van der Waals surface area contributed by atoms with Crippen molar-refractivity contribution in [3.8, 4) is 5.75 Å². The molecule has 15 heteroatoms.